The molecular formula is C29H30N4O6S. The molecule has 0 radical (unpaired) electrons. The highest BCUT2D eigenvalue weighted by atomic mass is 32.1. The van der Waals surface area contributed by atoms with E-state index in [9.17, 15) is 14.7 Å². The Balaban J connectivity index is 1.45. The number of carbonyl (C=O) groups excluding carboxylic acids is 2. The Hall–Kier alpha value is -3.93. The summed E-state index contributed by atoms with van der Waals surface area (Å²) in [5.74, 6) is -0.668. The number of benzene rings is 2. The lowest BCUT2D eigenvalue weighted by Crippen LogP contribution is -2.43. The minimum absolute atomic E-state index is 0.0236. The highest BCUT2D eigenvalue weighted by molar-refractivity contribution is 7.19. The lowest BCUT2D eigenvalue weighted by Gasteiger charge is -2.32. The normalized spacial score (nSPS) is 18.3. The molecule has 2 aromatic heterocycles. The van der Waals surface area contributed by atoms with Crippen LogP contribution in [-0.2, 0) is 9.53 Å². The number of methoxy groups -OCH3 is 2. The number of carbonyl (C=O) groups is 2. The van der Waals surface area contributed by atoms with Crippen LogP contribution in [0.25, 0.3) is 16.0 Å². The number of aliphatic hydroxyl groups is 1. The standard InChI is InChI=1S/C29H30N4O6S/c1-17-27(40-29-30-19-8-4-5-9-20(19)33(17)29)24(34)22-23(18-7-6-10-21(37-2)26(18)38-3)32(28(36)25(22)35)12-11-31-13-15-39-16-14-31/h4-10,23,35H,11-16H2,1-3H3. The van der Waals surface area contributed by atoms with E-state index in [1.165, 1.54) is 25.6 Å². The summed E-state index contributed by atoms with van der Waals surface area (Å²) >= 11 is 1.25. The van der Waals surface area contributed by atoms with Crippen LogP contribution in [0.2, 0.25) is 0 Å². The minimum Gasteiger partial charge on any atom is -0.503 e. The van der Waals surface area contributed by atoms with Gasteiger partial charge in [0.2, 0.25) is 5.78 Å². The van der Waals surface area contributed by atoms with Gasteiger partial charge in [0.1, 0.15) is 0 Å². The highest BCUT2D eigenvalue weighted by Gasteiger charge is 2.46. The summed E-state index contributed by atoms with van der Waals surface area (Å²) in [6.07, 6.45) is 0. The third kappa shape index (κ3) is 4.21. The number of hydrogen-bond acceptors (Lipinski definition) is 9. The minimum atomic E-state index is -0.864. The number of hydrogen-bond donors (Lipinski definition) is 1. The molecule has 2 aromatic carbocycles. The smallest absolute Gasteiger partial charge is 0.290 e. The van der Waals surface area contributed by atoms with Gasteiger partial charge in [-0.05, 0) is 25.1 Å². The largest absolute Gasteiger partial charge is 0.503 e. The summed E-state index contributed by atoms with van der Waals surface area (Å²) in [6.45, 7) is 5.50. The monoisotopic (exact) mass is 562 g/mol. The number of thiazole rings is 1. The van der Waals surface area contributed by atoms with Gasteiger partial charge < -0.3 is 24.2 Å². The van der Waals surface area contributed by atoms with Crippen LogP contribution in [-0.4, -0.2) is 89.6 Å². The van der Waals surface area contributed by atoms with Crippen LogP contribution in [0.1, 0.15) is 27.0 Å². The van der Waals surface area contributed by atoms with Crippen molar-refractivity contribution in [1.82, 2.24) is 19.2 Å². The van der Waals surface area contributed by atoms with E-state index in [0.29, 0.717) is 58.9 Å². The molecule has 1 fully saturated rings. The number of aryl methyl sites for hydroxylation is 1. The fourth-order valence-electron chi connectivity index (χ4n) is 5.64. The van der Waals surface area contributed by atoms with Crippen LogP contribution in [0.5, 0.6) is 11.5 Å². The average molecular weight is 563 g/mol. The van der Waals surface area contributed by atoms with Crippen molar-refractivity contribution in [1.29, 1.82) is 0 Å². The number of nitrogens with zero attached hydrogens (tertiary/aromatic N) is 4. The first-order valence-electron chi connectivity index (χ1n) is 13.1. The lowest BCUT2D eigenvalue weighted by molar-refractivity contribution is -0.129. The molecule has 0 spiro atoms. The number of fused-ring (bicyclic) bond motifs is 3. The second-order valence-corrected chi connectivity index (χ2v) is 10.7. The third-order valence-electron chi connectivity index (χ3n) is 7.63. The van der Waals surface area contributed by atoms with Gasteiger partial charge in [-0.15, -0.1) is 0 Å². The van der Waals surface area contributed by atoms with Gasteiger partial charge in [-0.25, -0.2) is 4.98 Å². The fraction of sp³-hybridized carbons (Fsp3) is 0.345. The number of morpholine rings is 1. The Morgan fingerprint density at radius 2 is 1.88 bits per heavy atom. The van der Waals surface area contributed by atoms with Crippen molar-refractivity contribution in [2.45, 2.75) is 13.0 Å². The first-order chi connectivity index (χ1) is 19.4. The van der Waals surface area contributed by atoms with E-state index in [1.807, 2.05) is 35.6 Å². The third-order valence-corrected chi connectivity index (χ3v) is 8.77. The van der Waals surface area contributed by atoms with Crippen LogP contribution in [0, 0.1) is 6.92 Å². The number of aliphatic hydroxyl groups excluding tert-OH is 1. The first kappa shape index (κ1) is 26.3. The van der Waals surface area contributed by atoms with Crippen molar-refractivity contribution < 1.29 is 28.9 Å². The molecule has 0 bridgehead atoms. The van der Waals surface area contributed by atoms with Gasteiger partial charge in [-0.2, -0.15) is 0 Å². The van der Waals surface area contributed by atoms with E-state index < -0.39 is 23.5 Å². The van der Waals surface area contributed by atoms with Gasteiger partial charge in [0.15, 0.2) is 22.2 Å². The van der Waals surface area contributed by atoms with Gasteiger partial charge in [0, 0.05) is 37.4 Å². The van der Waals surface area contributed by atoms with Crippen LogP contribution < -0.4 is 9.47 Å². The van der Waals surface area contributed by atoms with Gasteiger partial charge in [0.25, 0.3) is 5.91 Å². The molecule has 1 amide bonds. The van der Waals surface area contributed by atoms with Crippen LogP contribution in [0.15, 0.2) is 53.8 Å². The maximum Gasteiger partial charge on any atom is 0.290 e. The van der Waals surface area contributed by atoms with Gasteiger partial charge in [-0.1, -0.05) is 35.6 Å². The summed E-state index contributed by atoms with van der Waals surface area (Å²) in [7, 11) is 3.05. The lowest BCUT2D eigenvalue weighted by atomic mass is 9.94. The average Bonchev–Trinajstić information content (AvgIpc) is 3.59. The van der Waals surface area contributed by atoms with Crippen LogP contribution in [0.4, 0.5) is 0 Å². The van der Waals surface area contributed by atoms with Crippen molar-refractivity contribution in [3.63, 3.8) is 0 Å². The molecule has 1 N–H and O–H groups in total. The van der Waals surface area contributed by atoms with Crippen molar-refractivity contribution in [2.24, 2.45) is 0 Å². The molecule has 10 nitrogen and oxygen atoms in total. The number of rotatable bonds is 8. The molecule has 2 aliphatic heterocycles. The number of para-hydroxylation sites is 3. The highest BCUT2D eigenvalue weighted by Crippen LogP contribution is 2.46. The SMILES string of the molecule is COc1cccc(C2C(C(=O)c3sc4nc5ccccc5n4c3C)=C(O)C(=O)N2CCN2CCOCC2)c1OC. The molecule has 0 aliphatic carbocycles. The number of Topliss-reactive ketones (excluding diaryl/α,β-unsaturated/α-hetero) is 1. The molecule has 1 unspecified atom stereocenters. The quantitative estimate of drug-likeness (QED) is 0.324. The Labute approximate surface area is 235 Å². The zero-order valence-corrected chi connectivity index (χ0v) is 23.4. The predicted octanol–water partition coefficient (Wildman–Crippen LogP) is 3.79. The summed E-state index contributed by atoms with van der Waals surface area (Å²) in [5, 5.41) is 11.3. The van der Waals surface area contributed by atoms with Gasteiger partial charge in [0.05, 0.1) is 55.0 Å². The molecule has 4 aromatic rings. The molecule has 6 rings (SSSR count). The Morgan fingerprint density at radius 3 is 2.62 bits per heavy atom. The molecule has 4 heterocycles. The molecule has 2 aliphatic rings. The summed E-state index contributed by atoms with van der Waals surface area (Å²) in [4.78, 5) is 37.4. The summed E-state index contributed by atoms with van der Waals surface area (Å²) in [6, 6.07) is 12.2. The second-order valence-electron chi connectivity index (χ2n) is 9.76. The first-order valence-corrected chi connectivity index (χ1v) is 13.9. The molecule has 1 saturated heterocycles. The van der Waals surface area contributed by atoms with Crippen LogP contribution >= 0.6 is 11.3 Å². The maximum atomic E-state index is 14.3. The molecule has 40 heavy (non-hydrogen) atoms. The molecular weight excluding hydrogens is 532 g/mol. The predicted molar refractivity (Wildman–Crippen MR) is 151 cm³/mol. The number of aromatic nitrogens is 2. The summed E-state index contributed by atoms with van der Waals surface area (Å²) < 4.78 is 18.6. The number of ketones is 1. The topological polar surface area (TPSA) is 106 Å². The van der Waals surface area contributed by atoms with E-state index in [0.717, 1.165) is 24.1 Å². The van der Waals surface area contributed by atoms with Crippen molar-refractivity contribution in [2.75, 3.05) is 53.6 Å². The maximum absolute atomic E-state index is 14.3. The Kier molecular flexibility index (Phi) is 6.95. The molecule has 11 heteroatoms. The summed E-state index contributed by atoms with van der Waals surface area (Å²) in [5.41, 5.74) is 3.02. The fourth-order valence-corrected chi connectivity index (χ4v) is 6.73. The van der Waals surface area contributed by atoms with Crippen LogP contribution in [0.3, 0.4) is 0 Å². The number of amides is 1. The zero-order chi connectivity index (χ0) is 28.0. The Morgan fingerprint density at radius 1 is 1.10 bits per heavy atom. The number of imidazole rings is 1. The van der Waals surface area contributed by atoms with Crippen molar-refractivity contribution in [3.05, 3.63) is 69.9 Å². The Bertz CT molecular complexity index is 1650. The molecule has 0 saturated carbocycles. The van der Waals surface area contributed by atoms with E-state index >= 15 is 0 Å². The molecule has 208 valence electrons. The van der Waals surface area contributed by atoms with Gasteiger partial charge >= 0.3 is 0 Å². The number of ether oxygens (including phenoxy) is 3. The van der Waals surface area contributed by atoms with Crippen molar-refractivity contribution >= 4 is 39.0 Å². The van der Waals surface area contributed by atoms with E-state index in [-0.39, 0.29) is 5.57 Å². The van der Waals surface area contributed by atoms with Gasteiger partial charge in [-0.3, -0.25) is 18.9 Å². The van der Waals surface area contributed by atoms with E-state index in [4.69, 9.17) is 14.2 Å². The van der Waals surface area contributed by atoms with E-state index in [2.05, 4.69) is 9.88 Å². The second kappa shape index (κ2) is 10.6. The van der Waals surface area contributed by atoms with E-state index in [1.54, 1.807) is 23.1 Å². The van der Waals surface area contributed by atoms with Crippen molar-refractivity contribution in [3.8, 4) is 11.5 Å². The zero-order valence-electron chi connectivity index (χ0n) is 22.5. The molecule has 1 atom stereocenters.